The van der Waals surface area contributed by atoms with Gasteiger partial charge in [0.1, 0.15) is 12.1 Å². The van der Waals surface area contributed by atoms with E-state index >= 15 is 0 Å². The van der Waals surface area contributed by atoms with Gasteiger partial charge in [0.15, 0.2) is 0 Å². The average Bonchev–Trinajstić information content (AvgIpc) is 3.07. The van der Waals surface area contributed by atoms with E-state index in [1.165, 1.54) is 25.7 Å². The highest BCUT2D eigenvalue weighted by Gasteiger charge is 2.48. The molecule has 3 aliphatic carbocycles. The fraction of sp³-hybridized carbons (Fsp3) is 0.875. The van der Waals surface area contributed by atoms with Gasteiger partial charge in [-0.15, -0.1) is 0 Å². The first kappa shape index (κ1) is 12.7. The van der Waals surface area contributed by atoms with Gasteiger partial charge in [-0.2, -0.15) is 0 Å². The maximum atomic E-state index is 12.7. The highest BCUT2D eigenvalue weighted by Crippen LogP contribution is 2.48. The third-order valence-corrected chi connectivity index (χ3v) is 6.10. The summed E-state index contributed by atoms with van der Waals surface area (Å²) < 4.78 is 0. The molecule has 4 heteroatoms. The number of hydrogen-bond donors (Lipinski definition) is 1. The lowest BCUT2D eigenvalue weighted by Crippen LogP contribution is -2.63. The molecule has 110 valence electrons. The Morgan fingerprint density at radius 1 is 1.10 bits per heavy atom. The van der Waals surface area contributed by atoms with Crippen molar-refractivity contribution in [1.29, 1.82) is 0 Å². The van der Waals surface area contributed by atoms with Crippen LogP contribution in [0.3, 0.4) is 0 Å². The molecule has 4 nitrogen and oxygen atoms in total. The number of hydrogen-bond acceptors (Lipinski definition) is 2. The molecule has 0 aromatic carbocycles. The third kappa shape index (κ3) is 1.95. The summed E-state index contributed by atoms with van der Waals surface area (Å²) >= 11 is 0. The van der Waals surface area contributed by atoms with E-state index in [1.54, 1.807) is 0 Å². The molecule has 1 saturated heterocycles. The van der Waals surface area contributed by atoms with Crippen molar-refractivity contribution >= 4 is 11.8 Å². The van der Waals surface area contributed by atoms with E-state index < -0.39 is 0 Å². The predicted molar refractivity (Wildman–Crippen MR) is 74.8 cm³/mol. The van der Waals surface area contributed by atoms with E-state index in [0.717, 1.165) is 31.2 Å². The van der Waals surface area contributed by atoms with Gasteiger partial charge in [0, 0.05) is 6.54 Å². The number of rotatable bonds is 3. The lowest BCUT2D eigenvalue weighted by molar-refractivity contribution is -0.150. The largest absolute Gasteiger partial charge is 0.342 e. The zero-order chi connectivity index (χ0) is 13.9. The minimum Gasteiger partial charge on any atom is -0.342 e. The van der Waals surface area contributed by atoms with Crippen molar-refractivity contribution in [3.8, 4) is 0 Å². The van der Waals surface area contributed by atoms with Crippen LogP contribution in [0, 0.1) is 23.7 Å². The fourth-order valence-electron chi connectivity index (χ4n) is 4.70. The molecule has 0 radical (unpaired) electrons. The van der Waals surface area contributed by atoms with Crippen molar-refractivity contribution < 1.29 is 9.59 Å². The summed E-state index contributed by atoms with van der Waals surface area (Å²) in [6.45, 7) is 2.70. The number of carbonyl (C=O) groups excluding carboxylic acids is 2. The lowest BCUT2D eigenvalue weighted by atomic mass is 9.87. The van der Waals surface area contributed by atoms with E-state index in [2.05, 4.69) is 5.32 Å². The average molecular weight is 276 g/mol. The van der Waals surface area contributed by atoms with Crippen LogP contribution < -0.4 is 5.32 Å². The number of nitrogens with one attached hydrogen (secondary N) is 1. The maximum Gasteiger partial charge on any atom is 0.246 e. The Hall–Kier alpha value is -1.06. The molecule has 20 heavy (non-hydrogen) atoms. The lowest BCUT2D eigenvalue weighted by Gasteiger charge is -2.40. The van der Waals surface area contributed by atoms with E-state index in [0.29, 0.717) is 11.8 Å². The molecule has 0 aromatic heterocycles. The van der Waals surface area contributed by atoms with Gasteiger partial charge >= 0.3 is 0 Å². The van der Waals surface area contributed by atoms with Crippen LogP contribution in [-0.4, -0.2) is 35.3 Å². The van der Waals surface area contributed by atoms with Crippen molar-refractivity contribution in [3.05, 3.63) is 0 Å². The Morgan fingerprint density at radius 2 is 1.85 bits per heavy atom. The van der Waals surface area contributed by atoms with E-state index in [9.17, 15) is 9.59 Å². The predicted octanol–water partition coefficient (Wildman–Crippen LogP) is 1.55. The van der Waals surface area contributed by atoms with Gasteiger partial charge in [0.25, 0.3) is 0 Å². The molecule has 4 fully saturated rings. The first-order chi connectivity index (χ1) is 9.63. The SMILES string of the molecule is CC1C(=O)NC(C2CC2)C(=O)N1CC1CC2CCC1C2. The van der Waals surface area contributed by atoms with Crippen LogP contribution in [0.15, 0.2) is 0 Å². The van der Waals surface area contributed by atoms with Crippen molar-refractivity contribution in [3.63, 3.8) is 0 Å². The molecule has 4 rings (SSSR count). The Kier molecular flexibility index (Phi) is 2.83. The van der Waals surface area contributed by atoms with Gasteiger partial charge in [0.2, 0.25) is 11.8 Å². The standard InChI is InChI=1S/C16H24N2O2/c1-9-15(19)17-14(11-4-5-11)16(20)18(9)8-13-7-10-2-3-12(13)6-10/h9-14H,2-8H2,1H3,(H,17,19). The van der Waals surface area contributed by atoms with Gasteiger partial charge in [-0.05, 0) is 62.7 Å². The molecular weight excluding hydrogens is 252 g/mol. The normalized spacial score (nSPS) is 44.0. The zero-order valence-electron chi connectivity index (χ0n) is 12.2. The minimum atomic E-state index is -0.281. The summed E-state index contributed by atoms with van der Waals surface area (Å²) in [7, 11) is 0. The molecule has 5 atom stereocenters. The Bertz CT molecular complexity index is 446. The minimum absolute atomic E-state index is 0.0460. The zero-order valence-corrected chi connectivity index (χ0v) is 12.2. The van der Waals surface area contributed by atoms with Crippen LogP contribution in [0.4, 0.5) is 0 Å². The topological polar surface area (TPSA) is 49.4 Å². The maximum absolute atomic E-state index is 12.7. The highest BCUT2D eigenvalue weighted by atomic mass is 16.2. The first-order valence-corrected chi connectivity index (χ1v) is 8.24. The summed E-state index contributed by atoms with van der Waals surface area (Å²) in [5, 5.41) is 2.94. The summed E-state index contributed by atoms with van der Waals surface area (Å²) in [6, 6.07) is -0.506. The van der Waals surface area contributed by atoms with Crippen LogP contribution in [0.2, 0.25) is 0 Å². The molecular formula is C16H24N2O2. The van der Waals surface area contributed by atoms with Gasteiger partial charge in [-0.1, -0.05) is 6.42 Å². The summed E-state index contributed by atoms with van der Waals surface area (Å²) in [5.74, 6) is 2.98. The summed E-state index contributed by atoms with van der Waals surface area (Å²) in [4.78, 5) is 26.7. The van der Waals surface area contributed by atoms with Crippen LogP contribution >= 0.6 is 0 Å². The molecule has 0 spiro atoms. The van der Waals surface area contributed by atoms with Crippen molar-refractivity contribution in [2.24, 2.45) is 23.7 Å². The monoisotopic (exact) mass is 276 g/mol. The molecule has 1 N–H and O–H groups in total. The van der Waals surface area contributed by atoms with Crippen LogP contribution in [0.5, 0.6) is 0 Å². The fourth-order valence-corrected chi connectivity index (χ4v) is 4.70. The van der Waals surface area contributed by atoms with E-state index in [-0.39, 0.29) is 23.9 Å². The van der Waals surface area contributed by atoms with Gasteiger partial charge in [-0.25, -0.2) is 0 Å². The molecule has 3 saturated carbocycles. The molecule has 1 aliphatic heterocycles. The first-order valence-electron chi connectivity index (χ1n) is 8.24. The Morgan fingerprint density at radius 3 is 2.45 bits per heavy atom. The van der Waals surface area contributed by atoms with Crippen molar-refractivity contribution in [2.75, 3.05) is 6.54 Å². The van der Waals surface area contributed by atoms with Crippen LogP contribution in [-0.2, 0) is 9.59 Å². The van der Waals surface area contributed by atoms with Gasteiger partial charge < -0.3 is 10.2 Å². The smallest absolute Gasteiger partial charge is 0.246 e. The third-order valence-electron chi connectivity index (χ3n) is 6.10. The highest BCUT2D eigenvalue weighted by molar-refractivity contribution is 5.97. The molecule has 4 aliphatic rings. The van der Waals surface area contributed by atoms with Gasteiger partial charge in [0.05, 0.1) is 0 Å². The molecule has 2 bridgehead atoms. The van der Waals surface area contributed by atoms with Crippen LogP contribution in [0.1, 0.15) is 45.4 Å². The van der Waals surface area contributed by atoms with Gasteiger partial charge in [-0.3, -0.25) is 9.59 Å². The van der Waals surface area contributed by atoms with Crippen molar-refractivity contribution in [2.45, 2.75) is 57.5 Å². The van der Waals surface area contributed by atoms with Crippen LogP contribution in [0.25, 0.3) is 0 Å². The number of nitrogens with zero attached hydrogens (tertiary/aromatic N) is 1. The molecule has 5 unspecified atom stereocenters. The second kappa shape index (κ2) is 4.47. The Balaban J connectivity index is 1.49. The number of fused-ring (bicyclic) bond motifs is 2. The number of amides is 2. The quantitative estimate of drug-likeness (QED) is 0.850. The molecule has 1 heterocycles. The molecule has 2 amide bonds. The number of carbonyl (C=O) groups is 2. The molecule has 0 aromatic rings. The second-order valence-corrected chi connectivity index (χ2v) is 7.43. The van der Waals surface area contributed by atoms with Crippen molar-refractivity contribution in [1.82, 2.24) is 10.2 Å². The second-order valence-electron chi connectivity index (χ2n) is 7.43. The summed E-state index contributed by atoms with van der Waals surface area (Å²) in [6.07, 6.45) is 7.54. The van der Waals surface area contributed by atoms with E-state index in [1.807, 2.05) is 11.8 Å². The van der Waals surface area contributed by atoms with E-state index in [4.69, 9.17) is 0 Å². The number of piperazine rings is 1. The Labute approximate surface area is 120 Å². The summed E-state index contributed by atoms with van der Waals surface area (Å²) in [5.41, 5.74) is 0.